The fraction of sp³-hybridized carbons (Fsp3) is 0.294. The van der Waals surface area contributed by atoms with Gasteiger partial charge in [-0.3, -0.25) is 9.48 Å². The van der Waals surface area contributed by atoms with Crippen molar-refractivity contribution in [3.8, 4) is 0 Å². The van der Waals surface area contributed by atoms with Crippen LogP contribution in [0.4, 0.5) is 5.69 Å². The maximum atomic E-state index is 11.8. The van der Waals surface area contributed by atoms with Gasteiger partial charge in [-0.1, -0.05) is 23.7 Å². The lowest BCUT2D eigenvalue weighted by Crippen LogP contribution is -2.29. The first-order valence-corrected chi connectivity index (χ1v) is 8.28. The zero-order valence-electron chi connectivity index (χ0n) is 13.0. The third-order valence-electron chi connectivity index (χ3n) is 3.94. The highest BCUT2D eigenvalue weighted by atomic mass is 35.5. The average Bonchev–Trinajstić information content (AvgIpc) is 3.17. The fourth-order valence-electron chi connectivity index (χ4n) is 2.55. The van der Waals surface area contributed by atoms with Crippen LogP contribution >= 0.6 is 11.6 Å². The highest BCUT2D eigenvalue weighted by Crippen LogP contribution is 2.30. The van der Waals surface area contributed by atoms with E-state index in [4.69, 9.17) is 16.0 Å². The van der Waals surface area contributed by atoms with Crippen molar-refractivity contribution in [2.75, 3.05) is 5.32 Å². The Morgan fingerprint density at radius 1 is 1.38 bits per heavy atom. The number of rotatable bonds is 6. The maximum Gasteiger partial charge on any atom is 0.241 e. The molecule has 3 aromatic rings. The fourth-order valence-corrected chi connectivity index (χ4v) is 2.81. The Labute approximate surface area is 143 Å². The van der Waals surface area contributed by atoms with E-state index in [9.17, 15) is 4.79 Å². The van der Waals surface area contributed by atoms with E-state index in [0.717, 1.165) is 29.5 Å². The molecule has 0 unspecified atom stereocenters. The summed E-state index contributed by atoms with van der Waals surface area (Å²) < 4.78 is 7.37. The van der Waals surface area contributed by atoms with Gasteiger partial charge in [0.2, 0.25) is 5.91 Å². The molecule has 0 aliphatic heterocycles. The van der Waals surface area contributed by atoms with Crippen LogP contribution in [0.5, 0.6) is 0 Å². The molecule has 0 bridgehead atoms. The van der Waals surface area contributed by atoms with Crippen molar-refractivity contribution in [3.63, 3.8) is 0 Å². The highest BCUT2D eigenvalue weighted by Gasteiger charge is 2.23. The van der Waals surface area contributed by atoms with Crippen LogP contribution in [0, 0.1) is 0 Å². The molecule has 1 saturated carbocycles. The number of nitrogens with one attached hydrogen (secondary N) is 2. The lowest BCUT2D eigenvalue weighted by molar-refractivity contribution is -0.122. The number of hydrogen-bond acceptors (Lipinski definition) is 4. The van der Waals surface area contributed by atoms with Gasteiger partial charge in [-0.05, 0) is 25.0 Å². The van der Waals surface area contributed by atoms with Crippen molar-refractivity contribution in [2.45, 2.75) is 32.0 Å². The van der Waals surface area contributed by atoms with Crippen LogP contribution in [-0.4, -0.2) is 21.7 Å². The van der Waals surface area contributed by atoms with Gasteiger partial charge < -0.3 is 15.1 Å². The number of fused-ring (bicyclic) bond motifs is 1. The summed E-state index contributed by atoms with van der Waals surface area (Å²) in [5, 5.41) is 11.9. The molecule has 0 saturated heterocycles. The van der Waals surface area contributed by atoms with Crippen molar-refractivity contribution in [2.24, 2.45) is 0 Å². The molecule has 1 aliphatic rings. The first-order chi connectivity index (χ1) is 11.7. The Morgan fingerprint density at radius 3 is 3.00 bits per heavy atom. The number of amides is 1. The van der Waals surface area contributed by atoms with Gasteiger partial charge >= 0.3 is 0 Å². The molecular formula is C17H17ClN4O2. The number of carbonyl (C=O) groups excluding carboxylic acids is 1. The van der Waals surface area contributed by atoms with Gasteiger partial charge in [0.05, 0.1) is 23.5 Å². The number of halogens is 1. The molecule has 1 aromatic carbocycles. The molecule has 0 radical (unpaired) electrons. The Bertz CT molecular complexity index is 882. The minimum atomic E-state index is -0.00696. The standard InChI is InChI=1S/C17H17ClN4O2/c18-17-13-3-1-2-4-14(13)24-15(17)8-19-12-7-20-22(9-12)10-16(23)21-11-5-6-11/h1-4,7,9,11,19H,5-6,8,10H2,(H,21,23). The van der Waals surface area contributed by atoms with Gasteiger partial charge in [-0.15, -0.1) is 0 Å². The SMILES string of the molecule is O=C(Cn1cc(NCc2oc3ccccc3c2Cl)cn1)NC1CC1. The molecule has 0 spiro atoms. The smallest absolute Gasteiger partial charge is 0.241 e. The predicted octanol–water partition coefficient (Wildman–Crippen LogP) is 3.17. The molecule has 0 atom stereocenters. The van der Waals surface area contributed by atoms with Gasteiger partial charge in [0, 0.05) is 17.6 Å². The Morgan fingerprint density at radius 2 is 2.21 bits per heavy atom. The predicted molar refractivity (Wildman–Crippen MR) is 91.9 cm³/mol. The van der Waals surface area contributed by atoms with Crippen LogP contribution in [0.1, 0.15) is 18.6 Å². The summed E-state index contributed by atoms with van der Waals surface area (Å²) in [6.07, 6.45) is 5.63. The monoisotopic (exact) mass is 344 g/mol. The summed E-state index contributed by atoms with van der Waals surface area (Å²) in [5.74, 6) is 0.671. The molecule has 4 rings (SSSR count). The Balaban J connectivity index is 1.38. The Kier molecular flexibility index (Phi) is 3.90. The van der Waals surface area contributed by atoms with E-state index in [1.807, 2.05) is 24.3 Å². The van der Waals surface area contributed by atoms with Crippen LogP contribution in [0.15, 0.2) is 41.1 Å². The van der Waals surface area contributed by atoms with E-state index in [-0.39, 0.29) is 12.5 Å². The van der Waals surface area contributed by atoms with Crippen molar-refractivity contribution < 1.29 is 9.21 Å². The second-order valence-electron chi connectivity index (χ2n) is 5.96. The number of nitrogens with zero attached hydrogens (tertiary/aromatic N) is 2. The van der Waals surface area contributed by atoms with Crippen molar-refractivity contribution >= 4 is 34.2 Å². The quantitative estimate of drug-likeness (QED) is 0.720. The minimum absolute atomic E-state index is 0.00696. The number of anilines is 1. The normalized spacial score (nSPS) is 14.0. The molecule has 2 N–H and O–H groups in total. The van der Waals surface area contributed by atoms with E-state index in [2.05, 4.69) is 15.7 Å². The van der Waals surface area contributed by atoms with E-state index < -0.39 is 0 Å². The number of aromatic nitrogens is 2. The van der Waals surface area contributed by atoms with Crippen molar-refractivity contribution in [3.05, 3.63) is 47.4 Å². The molecule has 1 aliphatic carbocycles. The van der Waals surface area contributed by atoms with Crippen LogP contribution in [0.25, 0.3) is 11.0 Å². The first-order valence-electron chi connectivity index (χ1n) is 7.90. The zero-order chi connectivity index (χ0) is 16.5. The van der Waals surface area contributed by atoms with E-state index in [0.29, 0.717) is 23.4 Å². The number of furan rings is 1. The number of carbonyl (C=O) groups is 1. The first kappa shape index (κ1) is 15.1. The summed E-state index contributed by atoms with van der Waals surface area (Å²) in [6, 6.07) is 8.02. The Hall–Kier alpha value is -2.47. The molecule has 7 heteroatoms. The molecule has 124 valence electrons. The molecule has 1 fully saturated rings. The van der Waals surface area contributed by atoms with Gasteiger partial charge in [0.1, 0.15) is 17.9 Å². The third kappa shape index (κ3) is 3.23. The summed E-state index contributed by atoms with van der Waals surface area (Å²) >= 11 is 6.34. The van der Waals surface area contributed by atoms with E-state index in [1.165, 1.54) is 0 Å². The maximum absolute atomic E-state index is 11.8. The van der Waals surface area contributed by atoms with Crippen LogP contribution < -0.4 is 10.6 Å². The summed E-state index contributed by atoms with van der Waals surface area (Å²) in [4.78, 5) is 11.8. The lowest BCUT2D eigenvalue weighted by Gasteiger charge is -2.03. The molecule has 6 nitrogen and oxygen atoms in total. The van der Waals surface area contributed by atoms with Gasteiger partial charge in [-0.2, -0.15) is 5.10 Å². The summed E-state index contributed by atoms with van der Waals surface area (Å²) in [6.45, 7) is 0.678. The number of para-hydroxylation sites is 1. The minimum Gasteiger partial charge on any atom is -0.458 e. The number of benzene rings is 1. The lowest BCUT2D eigenvalue weighted by atomic mass is 10.2. The van der Waals surface area contributed by atoms with Gasteiger partial charge in [-0.25, -0.2) is 0 Å². The van der Waals surface area contributed by atoms with E-state index >= 15 is 0 Å². The van der Waals surface area contributed by atoms with Gasteiger partial charge in [0.25, 0.3) is 0 Å². The molecule has 24 heavy (non-hydrogen) atoms. The van der Waals surface area contributed by atoms with Crippen molar-refractivity contribution in [1.29, 1.82) is 0 Å². The number of hydrogen-bond donors (Lipinski definition) is 2. The third-order valence-corrected chi connectivity index (χ3v) is 4.35. The average molecular weight is 345 g/mol. The highest BCUT2D eigenvalue weighted by molar-refractivity contribution is 6.36. The zero-order valence-corrected chi connectivity index (χ0v) is 13.7. The molecule has 2 aromatic heterocycles. The second kappa shape index (κ2) is 6.20. The van der Waals surface area contributed by atoms with Crippen LogP contribution in [0.3, 0.4) is 0 Å². The topological polar surface area (TPSA) is 72.1 Å². The van der Waals surface area contributed by atoms with Crippen LogP contribution in [0.2, 0.25) is 5.02 Å². The van der Waals surface area contributed by atoms with Gasteiger partial charge in [0.15, 0.2) is 0 Å². The summed E-state index contributed by atoms with van der Waals surface area (Å²) in [5.41, 5.74) is 1.58. The molecule has 1 amide bonds. The summed E-state index contributed by atoms with van der Waals surface area (Å²) in [7, 11) is 0. The largest absolute Gasteiger partial charge is 0.458 e. The van der Waals surface area contributed by atoms with Crippen molar-refractivity contribution in [1.82, 2.24) is 15.1 Å². The second-order valence-corrected chi connectivity index (χ2v) is 6.34. The molecular weight excluding hydrogens is 328 g/mol. The van der Waals surface area contributed by atoms with E-state index in [1.54, 1.807) is 17.1 Å². The van der Waals surface area contributed by atoms with Crippen LogP contribution in [-0.2, 0) is 17.9 Å². The molecule has 2 heterocycles.